The highest BCUT2D eigenvalue weighted by Gasteiger charge is 2.31. The summed E-state index contributed by atoms with van der Waals surface area (Å²) in [4.78, 5) is 53.7. The van der Waals surface area contributed by atoms with E-state index in [-0.39, 0.29) is 25.3 Å². The molecule has 0 bridgehead atoms. The fourth-order valence-corrected chi connectivity index (χ4v) is 3.58. The van der Waals surface area contributed by atoms with E-state index in [1.807, 2.05) is 6.26 Å². The zero-order valence-corrected chi connectivity index (χ0v) is 21.8. The number of nitrogens with zero attached hydrogens (tertiary/aromatic N) is 1. The van der Waals surface area contributed by atoms with Gasteiger partial charge in [0, 0.05) is 6.54 Å². The van der Waals surface area contributed by atoms with Crippen molar-refractivity contribution in [2.45, 2.75) is 75.7 Å². The zero-order valence-electron chi connectivity index (χ0n) is 20.9. The van der Waals surface area contributed by atoms with Gasteiger partial charge in [-0.3, -0.25) is 19.4 Å². The molecule has 0 radical (unpaired) electrons. The van der Waals surface area contributed by atoms with E-state index in [0.717, 1.165) is 0 Å². The molecule has 0 aliphatic rings. The molecule has 0 fully saturated rings. The van der Waals surface area contributed by atoms with Crippen molar-refractivity contribution in [3.8, 4) is 0 Å². The van der Waals surface area contributed by atoms with E-state index >= 15 is 0 Å². The number of carboxylic acids is 1. The first kappa shape index (κ1) is 33.4. The third-order valence-corrected chi connectivity index (χ3v) is 5.82. The van der Waals surface area contributed by atoms with E-state index in [1.54, 1.807) is 0 Å². The summed E-state index contributed by atoms with van der Waals surface area (Å²) in [7, 11) is 0. The maximum absolute atomic E-state index is 13.1. The number of thioether (sulfide) groups is 1. The molecule has 5 atom stereocenters. The van der Waals surface area contributed by atoms with Crippen LogP contribution in [-0.2, 0) is 19.2 Å². The number of hydrogen-bond donors (Lipinski definition) is 9. The van der Waals surface area contributed by atoms with Crippen LogP contribution in [0.2, 0.25) is 0 Å². The monoisotopic (exact) mass is 534 g/mol. The summed E-state index contributed by atoms with van der Waals surface area (Å²) < 4.78 is 0. The lowest BCUT2D eigenvalue weighted by Gasteiger charge is -2.25. The fraction of sp³-hybridized carbons (Fsp3) is 0.762. The van der Waals surface area contributed by atoms with Crippen molar-refractivity contribution in [3.63, 3.8) is 0 Å². The number of hydrogen-bond acceptors (Lipinski definition) is 9. The number of nitrogens with two attached hydrogens (primary N) is 4. The molecule has 5 unspecified atom stereocenters. The lowest BCUT2D eigenvalue weighted by atomic mass is 10.1. The Morgan fingerprint density at radius 3 is 2.03 bits per heavy atom. The van der Waals surface area contributed by atoms with Crippen molar-refractivity contribution in [2.75, 3.05) is 25.1 Å². The molecular weight excluding hydrogens is 492 g/mol. The van der Waals surface area contributed by atoms with Crippen molar-refractivity contribution in [3.05, 3.63) is 0 Å². The van der Waals surface area contributed by atoms with Crippen LogP contribution >= 0.6 is 11.8 Å². The van der Waals surface area contributed by atoms with Gasteiger partial charge in [0.05, 0.1) is 12.1 Å². The van der Waals surface area contributed by atoms with E-state index in [4.69, 9.17) is 22.9 Å². The molecule has 15 heteroatoms. The first-order valence-electron chi connectivity index (χ1n) is 11.8. The maximum Gasteiger partial charge on any atom is 0.328 e. The molecular formula is C21H42N8O6S. The maximum atomic E-state index is 13.1. The van der Waals surface area contributed by atoms with Crippen molar-refractivity contribution in [1.29, 1.82) is 0 Å². The minimum atomic E-state index is -1.55. The largest absolute Gasteiger partial charge is 0.480 e. The highest BCUT2D eigenvalue weighted by Crippen LogP contribution is 2.07. The fourth-order valence-electron chi connectivity index (χ4n) is 3.11. The number of carbonyl (C=O) groups excluding carboxylic acids is 3. The third kappa shape index (κ3) is 14.1. The van der Waals surface area contributed by atoms with Gasteiger partial charge in [-0.15, -0.1) is 0 Å². The van der Waals surface area contributed by atoms with Gasteiger partial charge < -0.3 is 49.1 Å². The molecule has 0 aromatic heterocycles. The Bertz CT molecular complexity index is 735. The van der Waals surface area contributed by atoms with Gasteiger partial charge in [-0.1, -0.05) is 6.42 Å². The van der Waals surface area contributed by atoms with E-state index in [0.29, 0.717) is 38.0 Å². The standard InChI is InChI=1S/C21H42N8O6S/c1-12(30)16(20(34)35)29-19(33)15(8-11-36-2)28-18(32)14(7-5-10-26-21(24)25)27-17(31)13(23)6-3-4-9-22/h12-16,30H,3-11,22-23H2,1-2H3,(H,27,31)(H,28,32)(H,29,33)(H,34,35)(H4,24,25,26). The van der Waals surface area contributed by atoms with Crippen LogP contribution in [0.15, 0.2) is 4.99 Å². The number of aliphatic imine (C=N–C) groups is 1. The second kappa shape index (κ2) is 18.6. The van der Waals surface area contributed by atoms with Gasteiger partial charge in [0.15, 0.2) is 12.0 Å². The number of carboxylic acid groups (broad SMARTS) is 1. The molecule has 0 spiro atoms. The second-order valence-electron chi connectivity index (χ2n) is 8.31. The molecule has 0 heterocycles. The number of aliphatic hydroxyl groups is 1. The Morgan fingerprint density at radius 2 is 1.50 bits per heavy atom. The van der Waals surface area contributed by atoms with Crippen molar-refractivity contribution in [1.82, 2.24) is 16.0 Å². The second-order valence-corrected chi connectivity index (χ2v) is 9.29. The van der Waals surface area contributed by atoms with Crippen molar-refractivity contribution in [2.24, 2.45) is 27.9 Å². The molecule has 36 heavy (non-hydrogen) atoms. The molecule has 14 nitrogen and oxygen atoms in total. The number of carbonyl (C=O) groups is 4. The average molecular weight is 535 g/mol. The summed E-state index contributed by atoms with van der Waals surface area (Å²) in [6.45, 7) is 1.92. The highest BCUT2D eigenvalue weighted by atomic mass is 32.2. The van der Waals surface area contributed by atoms with Crippen LogP contribution in [0.3, 0.4) is 0 Å². The lowest BCUT2D eigenvalue weighted by molar-refractivity contribution is -0.145. The Hall–Kier alpha value is -2.62. The summed E-state index contributed by atoms with van der Waals surface area (Å²) in [5.74, 6) is -2.98. The molecule has 13 N–H and O–H groups in total. The van der Waals surface area contributed by atoms with Crippen LogP contribution < -0.4 is 38.9 Å². The van der Waals surface area contributed by atoms with Gasteiger partial charge in [-0.2, -0.15) is 11.8 Å². The summed E-state index contributed by atoms with van der Waals surface area (Å²) in [6.07, 6.45) is 2.91. The Kier molecular flexibility index (Phi) is 17.3. The Labute approximate surface area is 215 Å². The normalized spacial score (nSPS) is 15.0. The zero-order chi connectivity index (χ0) is 27.7. The molecule has 0 aliphatic carbocycles. The predicted molar refractivity (Wildman–Crippen MR) is 139 cm³/mol. The number of amides is 3. The van der Waals surface area contributed by atoms with Crippen LogP contribution in [0.25, 0.3) is 0 Å². The third-order valence-electron chi connectivity index (χ3n) is 5.17. The van der Waals surface area contributed by atoms with Crippen molar-refractivity contribution < 1.29 is 29.4 Å². The Morgan fingerprint density at radius 1 is 0.917 bits per heavy atom. The molecule has 0 rings (SSSR count). The Balaban J connectivity index is 5.51. The minimum Gasteiger partial charge on any atom is -0.480 e. The molecule has 0 aliphatic heterocycles. The average Bonchev–Trinajstić information content (AvgIpc) is 2.80. The van der Waals surface area contributed by atoms with Gasteiger partial charge in [0.1, 0.15) is 12.1 Å². The summed E-state index contributed by atoms with van der Waals surface area (Å²) in [5.41, 5.74) is 22.1. The van der Waals surface area contributed by atoms with Crippen LogP contribution in [0, 0.1) is 0 Å². The topological polar surface area (TPSA) is 261 Å². The lowest BCUT2D eigenvalue weighted by Crippen LogP contribution is -2.58. The quantitative estimate of drug-likeness (QED) is 0.0463. The minimum absolute atomic E-state index is 0.109. The van der Waals surface area contributed by atoms with Gasteiger partial charge >= 0.3 is 5.97 Å². The molecule has 0 saturated heterocycles. The van der Waals surface area contributed by atoms with Crippen LogP contribution in [0.5, 0.6) is 0 Å². The number of guanidine groups is 1. The highest BCUT2D eigenvalue weighted by molar-refractivity contribution is 7.98. The summed E-state index contributed by atoms with van der Waals surface area (Å²) >= 11 is 1.43. The van der Waals surface area contributed by atoms with Crippen LogP contribution in [-0.4, -0.2) is 95.2 Å². The van der Waals surface area contributed by atoms with E-state index < -0.39 is 54.0 Å². The molecule has 0 aromatic rings. The molecule has 208 valence electrons. The summed E-state index contributed by atoms with van der Waals surface area (Å²) in [6, 6.07) is -4.53. The number of aliphatic carboxylic acids is 1. The predicted octanol–water partition coefficient (Wildman–Crippen LogP) is -2.83. The molecule has 0 saturated carbocycles. The van der Waals surface area contributed by atoms with Gasteiger partial charge in [0.2, 0.25) is 17.7 Å². The van der Waals surface area contributed by atoms with Crippen LogP contribution in [0.1, 0.15) is 45.4 Å². The van der Waals surface area contributed by atoms with Gasteiger partial charge in [-0.05, 0) is 57.6 Å². The number of rotatable bonds is 19. The van der Waals surface area contributed by atoms with Crippen molar-refractivity contribution >= 4 is 41.4 Å². The van der Waals surface area contributed by atoms with Gasteiger partial charge in [-0.25, -0.2) is 4.79 Å². The number of unbranched alkanes of at least 4 members (excludes halogenated alkanes) is 1. The summed E-state index contributed by atoms with van der Waals surface area (Å²) in [5, 5.41) is 26.4. The number of aliphatic hydroxyl groups excluding tert-OH is 1. The van der Waals surface area contributed by atoms with Crippen LogP contribution in [0.4, 0.5) is 0 Å². The first-order valence-corrected chi connectivity index (χ1v) is 13.2. The first-order chi connectivity index (χ1) is 16.9. The SMILES string of the molecule is CSCCC(NC(=O)C(CCCN=C(N)N)NC(=O)C(N)CCCCN)C(=O)NC(C(=O)O)C(C)O. The molecule has 0 aromatic carbocycles. The number of nitrogens with one attached hydrogen (secondary N) is 3. The molecule has 3 amide bonds. The van der Waals surface area contributed by atoms with E-state index in [2.05, 4.69) is 20.9 Å². The van der Waals surface area contributed by atoms with E-state index in [1.165, 1.54) is 18.7 Å². The van der Waals surface area contributed by atoms with E-state index in [9.17, 15) is 29.4 Å². The smallest absolute Gasteiger partial charge is 0.328 e. The van der Waals surface area contributed by atoms with Gasteiger partial charge in [0.25, 0.3) is 0 Å².